The topological polar surface area (TPSA) is 113 Å². The van der Waals surface area contributed by atoms with Crippen LogP contribution in [0.25, 0.3) is 4.85 Å². The van der Waals surface area contributed by atoms with E-state index in [-0.39, 0.29) is 55.7 Å². The Hall–Kier alpha value is -4.78. The van der Waals surface area contributed by atoms with Crippen molar-refractivity contribution in [2.45, 2.75) is 63.1 Å². The highest BCUT2D eigenvalue weighted by molar-refractivity contribution is 6.30. The van der Waals surface area contributed by atoms with E-state index in [1.54, 1.807) is 27.7 Å². The van der Waals surface area contributed by atoms with Crippen molar-refractivity contribution in [3.63, 3.8) is 0 Å². The average molecular weight is 736 g/mol. The monoisotopic (exact) mass is 735 g/mol. The molecule has 0 aliphatic carbocycles. The van der Waals surface area contributed by atoms with Crippen LogP contribution in [0.15, 0.2) is 70.5 Å². The number of hydrogen-bond acceptors (Lipinski definition) is 6. The number of fused-ring (bicyclic) bond motifs is 4. The average Bonchev–Trinajstić information content (AvgIpc) is 3.05. The van der Waals surface area contributed by atoms with Crippen molar-refractivity contribution in [3.05, 3.63) is 120 Å². The second-order valence-electron chi connectivity index (χ2n) is 12.5. The fourth-order valence-corrected chi connectivity index (χ4v) is 6.36. The van der Waals surface area contributed by atoms with E-state index in [0.29, 0.717) is 0 Å². The Balaban J connectivity index is 0.000000198. The molecule has 0 radical (unpaired) electrons. The smallest absolute Gasteiger partial charge is 0.377 e. The second kappa shape index (κ2) is 13.7. The van der Waals surface area contributed by atoms with E-state index in [9.17, 15) is 35.9 Å². The zero-order valence-electron chi connectivity index (χ0n) is 27.6. The molecule has 0 bridgehead atoms. The van der Waals surface area contributed by atoms with Gasteiger partial charge in [-0.3, -0.25) is 9.59 Å². The summed E-state index contributed by atoms with van der Waals surface area (Å²) < 4.78 is 97.4. The van der Waals surface area contributed by atoms with Crippen LogP contribution in [-0.4, -0.2) is 47.7 Å². The molecule has 0 spiro atoms. The van der Waals surface area contributed by atoms with Crippen molar-refractivity contribution < 1.29 is 35.8 Å². The number of aromatic nitrogens is 2. The Morgan fingerprint density at radius 2 is 1.14 bits per heavy atom. The molecular formula is C35H32ClF6N5O4. The molecule has 0 saturated heterocycles. The third-order valence-electron chi connectivity index (χ3n) is 8.63. The van der Waals surface area contributed by atoms with Crippen LogP contribution in [0.2, 0.25) is 5.02 Å². The summed E-state index contributed by atoms with van der Waals surface area (Å²) in [6.07, 6.45) is -7.92. The van der Waals surface area contributed by atoms with Gasteiger partial charge in [-0.25, -0.2) is 4.85 Å². The number of hydrogen-bond donors (Lipinski definition) is 4. The summed E-state index contributed by atoms with van der Waals surface area (Å²) in [5.74, 6) is 0. The van der Waals surface area contributed by atoms with Gasteiger partial charge in [0.1, 0.15) is 22.2 Å². The van der Waals surface area contributed by atoms with Crippen molar-refractivity contribution in [1.29, 1.82) is 0 Å². The van der Waals surface area contributed by atoms with E-state index in [2.05, 4.69) is 25.4 Å². The highest BCUT2D eigenvalue weighted by Gasteiger charge is 2.62. The lowest BCUT2D eigenvalue weighted by Crippen LogP contribution is -2.50. The summed E-state index contributed by atoms with van der Waals surface area (Å²) in [7, 11) is 0. The van der Waals surface area contributed by atoms with E-state index in [4.69, 9.17) is 27.6 Å². The molecule has 2 aliphatic rings. The molecule has 6 rings (SSSR count). The standard InChI is InChI=1S/C18H16F3N3O2.C17H16ClF3N2O2/c1-10(2)26-9-17(18(19,20)21)12-6-7-23-16(25)15(12)24-14-5-4-11(22-3)8-13(14)17;1-9(2)25-8-16(17(19,20)21)11-5-6-22-15(24)14(11)23-13-4-3-10(18)7-12(13)16/h4-8,10,24H,9H2,1-2H3,(H,23,25);3-7,9,23H,8H2,1-2H3,(H,22,24). The Bertz CT molecular complexity index is 2110. The minimum absolute atomic E-state index is 0.0637. The summed E-state index contributed by atoms with van der Waals surface area (Å²) in [6, 6.07) is 10.7. The van der Waals surface area contributed by atoms with Crippen LogP contribution in [-0.2, 0) is 20.3 Å². The quantitative estimate of drug-likeness (QED) is 0.117. The van der Waals surface area contributed by atoms with Crippen LogP contribution in [0.4, 0.5) is 54.8 Å². The van der Waals surface area contributed by atoms with Crippen LogP contribution >= 0.6 is 11.6 Å². The van der Waals surface area contributed by atoms with Crippen molar-refractivity contribution in [2.75, 3.05) is 23.8 Å². The van der Waals surface area contributed by atoms with Crippen LogP contribution in [0.1, 0.15) is 49.9 Å². The number of rotatable bonds is 6. The first-order valence-corrected chi connectivity index (χ1v) is 15.9. The summed E-state index contributed by atoms with van der Waals surface area (Å²) in [6.45, 7) is 12.4. The molecule has 9 nitrogen and oxygen atoms in total. The maximum absolute atomic E-state index is 14.5. The third-order valence-corrected chi connectivity index (χ3v) is 8.86. The van der Waals surface area contributed by atoms with Gasteiger partial charge in [0, 0.05) is 39.9 Å². The summed E-state index contributed by atoms with van der Waals surface area (Å²) in [4.78, 5) is 32.4. The van der Waals surface area contributed by atoms with Gasteiger partial charge in [-0.1, -0.05) is 17.7 Å². The predicted molar refractivity (Wildman–Crippen MR) is 181 cm³/mol. The Labute approximate surface area is 292 Å². The molecule has 4 aromatic rings. The molecule has 2 aromatic heterocycles. The molecule has 16 heteroatoms. The fourth-order valence-electron chi connectivity index (χ4n) is 6.19. The molecule has 4 heterocycles. The number of H-pyrrole nitrogens is 2. The van der Waals surface area contributed by atoms with Crippen molar-refractivity contribution in [1.82, 2.24) is 9.97 Å². The number of benzene rings is 2. The highest BCUT2D eigenvalue weighted by Crippen LogP contribution is 2.55. The lowest BCUT2D eigenvalue weighted by molar-refractivity contribution is -0.196. The van der Waals surface area contributed by atoms with Gasteiger partial charge in [0.15, 0.2) is 5.69 Å². The van der Waals surface area contributed by atoms with Gasteiger partial charge in [0.05, 0.1) is 32.0 Å². The normalized spacial score (nSPS) is 19.0. The molecule has 2 aliphatic heterocycles. The Morgan fingerprint density at radius 1 is 0.706 bits per heavy atom. The Kier molecular flexibility index (Phi) is 10.1. The molecule has 2 unspecified atom stereocenters. The highest BCUT2D eigenvalue weighted by atomic mass is 35.5. The minimum atomic E-state index is -4.75. The number of aromatic amines is 2. The maximum Gasteiger partial charge on any atom is 0.404 e. The summed E-state index contributed by atoms with van der Waals surface area (Å²) >= 11 is 5.97. The van der Waals surface area contributed by atoms with E-state index >= 15 is 0 Å². The van der Waals surface area contributed by atoms with E-state index in [1.807, 2.05) is 0 Å². The fraction of sp³-hybridized carbons (Fsp3) is 0.343. The molecule has 2 aromatic carbocycles. The lowest BCUT2D eigenvalue weighted by Gasteiger charge is -2.42. The molecule has 270 valence electrons. The largest absolute Gasteiger partial charge is 0.404 e. The molecule has 0 saturated carbocycles. The van der Waals surface area contributed by atoms with E-state index in [1.165, 1.54) is 60.9 Å². The number of nitrogens with zero attached hydrogens (tertiary/aromatic N) is 1. The van der Waals surface area contributed by atoms with Gasteiger partial charge in [0.25, 0.3) is 11.1 Å². The number of halogens is 7. The van der Waals surface area contributed by atoms with E-state index in [0.717, 1.165) is 0 Å². The van der Waals surface area contributed by atoms with Gasteiger partial charge in [-0.05, 0) is 81.3 Å². The molecule has 0 fully saturated rings. The number of alkyl halides is 6. The second-order valence-corrected chi connectivity index (χ2v) is 12.9. The molecular weight excluding hydrogens is 704 g/mol. The van der Waals surface area contributed by atoms with E-state index < -0.39 is 59.7 Å². The molecule has 4 N–H and O–H groups in total. The first kappa shape index (κ1) is 37.5. The van der Waals surface area contributed by atoms with Gasteiger partial charge in [-0.2, -0.15) is 26.3 Å². The molecule has 51 heavy (non-hydrogen) atoms. The number of nitrogens with one attached hydrogen (secondary N) is 4. The lowest BCUT2D eigenvalue weighted by atomic mass is 9.71. The zero-order valence-corrected chi connectivity index (χ0v) is 28.3. The Morgan fingerprint density at radius 3 is 1.55 bits per heavy atom. The first-order valence-electron chi connectivity index (χ1n) is 15.5. The number of ether oxygens (including phenoxy) is 2. The van der Waals surface area contributed by atoms with Gasteiger partial charge >= 0.3 is 12.4 Å². The SMILES string of the molecule is CC(C)OCC1(C(F)(F)F)c2cc(Cl)ccc2Nc2c1cc[nH]c2=O.[C-]#[N+]c1ccc2c(c1)C(COC(C)C)(C(F)(F)F)c1cc[nH]c(=O)c1N2. The van der Waals surface area contributed by atoms with Crippen LogP contribution < -0.4 is 21.8 Å². The van der Waals surface area contributed by atoms with Crippen molar-refractivity contribution >= 4 is 40.0 Å². The maximum atomic E-state index is 14.5. The van der Waals surface area contributed by atoms with Crippen LogP contribution in [0, 0.1) is 6.57 Å². The first-order chi connectivity index (χ1) is 23.9. The molecule has 0 amide bonds. The third kappa shape index (κ3) is 6.59. The summed E-state index contributed by atoms with van der Waals surface area (Å²) in [5, 5.41) is 5.74. The predicted octanol–water partition coefficient (Wildman–Crippen LogP) is 8.61. The number of pyridine rings is 2. The van der Waals surface area contributed by atoms with Crippen molar-refractivity contribution in [2.24, 2.45) is 0 Å². The molecule has 2 atom stereocenters. The van der Waals surface area contributed by atoms with Gasteiger partial charge in [-0.15, -0.1) is 0 Å². The van der Waals surface area contributed by atoms with Crippen molar-refractivity contribution in [3.8, 4) is 0 Å². The minimum Gasteiger partial charge on any atom is -0.377 e. The van der Waals surface area contributed by atoms with Crippen LogP contribution in [0.3, 0.4) is 0 Å². The van der Waals surface area contributed by atoms with Crippen LogP contribution in [0.5, 0.6) is 0 Å². The number of anilines is 4. The van der Waals surface area contributed by atoms with Gasteiger partial charge in [0.2, 0.25) is 0 Å². The van der Waals surface area contributed by atoms with Gasteiger partial charge < -0.3 is 30.1 Å². The summed E-state index contributed by atoms with van der Waals surface area (Å²) in [5.41, 5.74) is -6.83. The zero-order chi connectivity index (χ0) is 37.5.